The molecule has 1 amide bonds. The highest BCUT2D eigenvalue weighted by atomic mass is 16.4. The molecular formula is C16H21N3O3. The maximum absolute atomic E-state index is 12.0. The summed E-state index contributed by atoms with van der Waals surface area (Å²) in [4.78, 5) is 26.5. The Morgan fingerprint density at radius 3 is 2.64 bits per heavy atom. The van der Waals surface area contributed by atoms with Crippen LogP contribution in [0, 0.1) is 5.92 Å². The van der Waals surface area contributed by atoms with Crippen molar-refractivity contribution in [1.82, 2.24) is 10.3 Å². The van der Waals surface area contributed by atoms with E-state index in [1.807, 2.05) is 38.1 Å². The fourth-order valence-corrected chi connectivity index (χ4v) is 2.29. The number of para-hydroxylation sites is 1. The largest absolute Gasteiger partial charge is 0.480 e. The summed E-state index contributed by atoms with van der Waals surface area (Å²) in [5.74, 6) is -1.57. The molecule has 0 fully saturated rings. The standard InChI is InChI=1S/C16H21N3O3/c1-9(2)14(17)15(20)19-13(16(21)22)7-10-8-18-12-6-4-3-5-11(10)12/h3-6,8-9,13-14,18H,7,17H2,1-2H3,(H,19,20)(H,21,22)/t13-,14+/m1/s1. The normalized spacial score (nSPS) is 14.0. The zero-order chi connectivity index (χ0) is 16.3. The number of aromatic amines is 1. The number of fused-ring (bicyclic) bond motifs is 1. The fraction of sp³-hybridized carbons (Fsp3) is 0.375. The highest BCUT2D eigenvalue weighted by molar-refractivity contribution is 5.88. The fourth-order valence-electron chi connectivity index (χ4n) is 2.29. The van der Waals surface area contributed by atoms with Crippen LogP contribution < -0.4 is 11.1 Å². The molecule has 2 aromatic rings. The number of carbonyl (C=O) groups is 2. The van der Waals surface area contributed by atoms with Crippen molar-refractivity contribution in [2.45, 2.75) is 32.4 Å². The number of amides is 1. The predicted octanol–water partition coefficient (Wildman–Crippen LogP) is 1.26. The highest BCUT2D eigenvalue weighted by Gasteiger charge is 2.25. The van der Waals surface area contributed by atoms with Crippen LogP contribution in [0.4, 0.5) is 0 Å². The van der Waals surface area contributed by atoms with Crippen molar-refractivity contribution in [1.29, 1.82) is 0 Å². The minimum Gasteiger partial charge on any atom is -0.480 e. The van der Waals surface area contributed by atoms with Gasteiger partial charge in [-0.15, -0.1) is 0 Å². The Hall–Kier alpha value is -2.34. The molecule has 0 unspecified atom stereocenters. The van der Waals surface area contributed by atoms with Crippen LogP contribution in [0.25, 0.3) is 10.9 Å². The molecule has 0 bridgehead atoms. The molecule has 0 aliphatic carbocycles. The van der Waals surface area contributed by atoms with Gasteiger partial charge in [0.15, 0.2) is 0 Å². The Morgan fingerprint density at radius 2 is 2.00 bits per heavy atom. The molecule has 1 heterocycles. The number of nitrogens with one attached hydrogen (secondary N) is 2. The molecule has 0 aliphatic heterocycles. The summed E-state index contributed by atoms with van der Waals surface area (Å²) in [5, 5.41) is 12.8. The molecule has 118 valence electrons. The second-order valence-corrected chi connectivity index (χ2v) is 5.73. The lowest BCUT2D eigenvalue weighted by atomic mass is 10.0. The van der Waals surface area contributed by atoms with E-state index in [0.29, 0.717) is 0 Å². The zero-order valence-electron chi connectivity index (χ0n) is 12.7. The van der Waals surface area contributed by atoms with E-state index in [-0.39, 0.29) is 12.3 Å². The number of rotatable bonds is 6. The van der Waals surface area contributed by atoms with Crippen molar-refractivity contribution >= 4 is 22.8 Å². The number of carboxylic acid groups (broad SMARTS) is 1. The first-order valence-electron chi connectivity index (χ1n) is 7.24. The summed E-state index contributed by atoms with van der Waals surface area (Å²) in [6.07, 6.45) is 1.98. The van der Waals surface area contributed by atoms with Gasteiger partial charge in [0.2, 0.25) is 5.91 Å². The Morgan fingerprint density at radius 1 is 1.32 bits per heavy atom. The molecule has 2 atom stereocenters. The molecule has 6 heteroatoms. The molecule has 0 saturated heterocycles. The van der Waals surface area contributed by atoms with Gasteiger partial charge in [0.05, 0.1) is 6.04 Å². The minimum absolute atomic E-state index is 0.0532. The number of nitrogens with two attached hydrogens (primary N) is 1. The molecule has 0 aliphatic rings. The maximum Gasteiger partial charge on any atom is 0.326 e. The van der Waals surface area contributed by atoms with Gasteiger partial charge in [0.1, 0.15) is 6.04 Å². The molecule has 1 aromatic heterocycles. The summed E-state index contributed by atoms with van der Waals surface area (Å²) >= 11 is 0. The average molecular weight is 303 g/mol. The van der Waals surface area contributed by atoms with E-state index >= 15 is 0 Å². The summed E-state index contributed by atoms with van der Waals surface area (Å²) in [7, 11) is 0. The van der Waals surface area contributed by atoms with Gasteiger partial charge in [-0.1, -0.05) is 32.0 Å². The van der Waals surface area contributed by atoms with E-state index < -0.39 is 24.0 Å². The van der Waals surface area contributed by atoms with Crippen molar-refractivity contribution in [2.24, 2.45) is 11.7 Å². The number of aliphatic carboxylic acids is 1. The van der Waals surface area contributed by atoms with E-state index in [1.165, 1.54) is 0 Å². The third kappa shape index (κ3) is 3.46. The van der Waals surface area contributed by atoms with Crippen LogP contribution in [0.15, 0.2) is 30.5 Å². The van der Waals surface area contributed by atoms with Crippen LogP contribution in [-0.4, -0.2) is 34.1 Å². The van der Waals surface area contributed by atoms with Gasteiger partial charge in [-0.3, -0.25) is 4.79 Å². The maximum atomic E-state index is 12.0. The molecular weight excluding hydrogens is 282 g/mol. The second kappa shape index (κ2) is 6.62. The van der Waals surface area contributed by atoms with Gasteiger partial charge in [0, 0.05) is 23.5 Å². The summed E-state index contributed by atoms with van der Waals surface area (Å²) in [5.41, 5.74) is 7.55. The third-order valence-electron chi connectivity index (χ3n) is 3.73. The molecule has 1 aromatic carbocycles. The SMILES string of the molecule is CC(C)[C@H](N)C(=O)N[C@H](Cc1c[nH]c2ccccc12)C(=O)O. The molecule has 0 spiro atoms. The lowest BCUT2D eigenvalue weighted by molar-refractivity contribution is -0.142. The number of H-pyrrole nitrogens is 1. The van der Waals surface area contributed by atoms with Crippen molar-refractivity contribution in [2.75, 3.05) is 0 Å². The minimum atomic E-state index is -1.07. The third-order valence-corrected chi connectivity index (χ3v) is 3.73. The first-order valence-corrected chi connectivity index (χ1v) is 7.24. The summed E-state index contributed by atoms with van der Waals surface area (Å²) in [6, 6.07) is 5.91. The van der Waals surface area contributed by atoms with E-state index in [2.05, 4.69) is 10.3 Å². The summed E-state index contributed by atoms with van der Waals surface area (Å²) < 4.78 is 0. The molecule has 6 nitrogen and oxygen atoms in total. The number of hydrogen-bond donors (Lipinski definition) is 4. The topological polar surface area (TPSA) is 108 Å². The molecule has 0 radical (unpaired) electrons. The van der Waals surface area contributed by atoms with Crippen LogP contribution in [0.1, 0.15) is 19.4 Å². The Bertz CT molecular complexity index is 678. The van der Waals surface area contributed by atoms with E-state index in [4.69, 9.17) is 5.73 Å². The molecule has 2 rings (SSSR count). The highest BCUT2D eigenvalue weighted by Crippen LogP contribution is 2.19. The van der Waals surface area contributed by atoms with Crippen molar-refractivity contribution in [3.05, 3.63) is 36.0 Å². The smallest absolute Gasteiger partial charge is 0.326 e. The van der Waals surface area contributed by atoms with Gasteiger partial charge < -0.3 is 21.1 Å². The van der Waals surface area contributed by atoms with Gasteiger partial charge in [-0.2, -0.15) is 0 Å². The van der Waals surface area contributed by atoms with Crippen molar-refractivity contribution < 1.29 is 14.7 Å². The van der Waals surface area contributed by atoms with E-state index in [9.17, 15) is 14.7 Å². The number of aromatic nitrogens is 1. The lowest BCUT2D eigenvalue weighted by Gasteiger charge is -2.19. The van der Waals surface area contributed by atoms with Gasteiger partial charge >= 0.3 is 5.97 Å². The Kier molecular flexibility index (Phi) is 4.82. The summed E-state index contributed by atoms with van der Waals surface area (Å²) in [6.45, 7) is 3.64. The van der Waals surface area contributed by atoms with Crippen molar-refractivity contribution in [3.63, 3.8) is 0 Å². The number of hydrogen-bond acceptors (Lipinski definition) is 3. The van der Waals surface area contributed by atoms with Crippen LogP contribution >= 0.6 is 0 Å². The zero-order valence-corrected chi connectivity index (χ0v) is 12.7. The number of carbonyl (C=O) groups excluding carboxylic acids is 1. The van der Waals surface area contributed by atoms with Crippen LogP contribution in [0.5, 0.6) is 0 Å². The lowest BCUT2D eigenvalue weighted by Crippen LogP contribution is -2.51. The number of benzene rings is 1. The van der Waals surface area contributed by atoms with Crippen LogP contribution in [0.2, 0.25) is 0 Å². The second-order valence-electron chi connectivity index (χ2n) is 5.73. The van der Waals surface area contributed by atoms with Crippen LogP contribution in [-0.2, 0) is 16.0 Å². The quantitative estimate of drug-likeness (QED) is 0.644. The Balaban J connectivity index is 2.16. The van der Waals surface area contributed by atoms with Gasteiger partial charge in [-0.25, -0.2) is 4.79 Å². The van der Waals surface area contributed by atoms with E-state index in [0.717, 1.165) is 16.5 Å². The van der Waals surface area contributed by atoms with Crippen molar-refractivity contribution in [3.8, 4) is 0 Å². The monoisotopic (exact) mass is 303 g/mol. The predicted molar refractivity (Wildman–Crippen MR) is 84.4 cm³/mol. The van der Waals surface area contributed by atoms with Crippen LogP contribution in [0.3, 0.4) is 0 Å². The number of carboxylic acids is 1. The van der Waals surface area contributed by atoms with E-state index in [1.54, 1.807) is 6.20 Å². The molecule has 22 heavy (non-hydrogen) atoms. The average Bonchev–Trinajstić information content (AvgIpc) is 2.88. The van der Waals surface area contributed by atoms with Gasteiger partial charge in [0.25, 0.3) is 0 Å². The molecule has 0 saturated carbocycles. The van der Waals surface area contributed by atoms with Gasteiger partial charge in [-0.05, 0) is 17.5 Å². The first-order chi connectivity index (χ1) is 10.4. The first kappa shape index (κ1) is 16.0. The Labute approximate surface area is 128 Å². The molecule has 5 N–H and O–H groups in total.